The zero-order valence-electron chi connectivity index (χ0n) is 12.4. The standard InChI is InChI=1S/C16H17ClN4O2/c17-11-6-4-10(5-7-11)14-12(9-19-21-14)15(22)20-13-3-1-2-8-18-16(13)23/h4-7,9,13H,1-3,8H2,(H,18,23)(H,19,21)(H,20,22). The number of nitrogens with zero attached hydrogens (tertiary/aromatic N) is 1. The molecule has 0 bridgehead atoms. The summed E-state index contributed by atoms with van der Waals surface area (Å²) in [4.78, 5) is 24.5. The van der Waals surface area contributed by atoms with Crippen LogP contribution in [0.1, 0.15) is 29.6 Å². The molecule has 1 aromatic heterocycles. The molecule has 1 atom stereocenters. The topological polar surface area (TPSA) is 86.9 Å². The van der Waals surface area contributed by atoms with E-state index in [0.29, 0.717) is 29.2 Å². The Morgan fingerprint density at radius 1 is 1.26 bits per heavy atom. The van der Waals surface area contributed by atoms with E-state index >= 15 is 0 Å². The van der Waals surface area contributed by atoms with Crippen molar-refractivity contribution < 1.29 is 9.59 Å². The average molecular weight is 333 g/mol. The summed E-state index contributed by atoms with van der Waals surface area (Å²) in [6.07, 6.45) is 3.94. The average Bonchev–Trinajstić information content (AvgIpc) is 2.95. The number of halogens is 1. The molecule has 1 unspecified atom stereocenters. The van der Waals surface area contributed by atoms with Gasteiger partial charge in [0, 0.05) is 17.1 Å². The van der Waals surface area contributed by atoms with Crippen LogP contribution in [0, 0.1) is 0 Å². The number of H-pyrrole nitrogens is 1. The molecule has 3 rings (SSSR count). The molecule has 2 aromatic rings. The first kappa shape index (κ1) is 15.6. The van der Waals surface area contributed by atoms with Crippen LogP contribution >= 0.6 is 11.6 Å². The molecule has 0 saturated carbocycles. The molecule has 0 radical (unpaired) electrons. The molecule has 2 heterocycles. The molecule has 7 heteroatoms. The van der Waals surface area contributed by atoms with Crippen molar-refractivity contribution in [3.05, 3.63) is 41.0 Å². The molecule has 23 heavy (non-hydrogen) atoms. The smallest absolute Gasteiger partial charge is 0.255 e. The van der Waals surface area contributed by atoms with Crippen molar-refractivity contribution in [2.75, 3.05) is 6.54 Å². The fraction of sp³-hybridized carbons (Fsp3) is 0.312. The molecule has 0 spiro atoms. The van der Waals surface area contributed by atoms with Crippen LogP contribution in [0.2, 0.25) is 5.02 Å². The van der Waals surface area contributed by atoms with Gasteiger partial charge in [0.15, 0.2) is 0 Å². The van der Waals surface area contributed by atoms with Gasteiger partial charge < -0.3 is 10.6 Å². The number of nitrogens with one attached hydrogen (secondary N) is 3. The first-order valence-corrected chi connectivity index (χ1v) is 7.91. The maximum absolute atomic E-state index is 12.5. The van der Waals surface area contributed by atoms with Crippen LogP contribution in [0.5, 0.6) is 0 Å². The highest BCUT2D eigenvalue weighted by Gasteiger charge is 2.24. The molecule has 6 nitrogen and oxygen atoms in total. The van der Waals surface area contributed by atoms with Crippen LogP contribution in [-0.4, -0.2) is 34.6 Å². The van der Waals surface area contributed by atoms with Crippen LogP contribution in [0.25, 0.3) is 11.3 Å². The Kier molecular flexibility index (Phi) is 4.62. The van der Waals surface area contributed by atoms with E-state index in [4.69, 9.17) is 11.6 Å². The lowest BCUT2D eigenvalue weighted by Crippen LogP contribution is -2.45. The molecule has 1 fully saturated rings. The summed E-state index contributed by atoms with van der Waals surface area (Å²) in [5.41, 5.74) is 1.82. The van der Waals surface area contributed by atoms with Gasteiger partial charge in [-0.1, -0.05) is 23.7 Å². The number of amides is 2. The van der Waals surface area contributed by atoms with Gasteiger partial charge in [0.1, 0.15) is 6.04 Å². The minimum atomic E-state index is -0.502. The fourth-order valence-electron chi connectivity index (χ4n) is 2.61. The highest BCUT2D eigenvalue weighted by molar-refractivity contribution is 6.30. The lowest BCUT2D eigenvalue weighted by atomic mass is 10.1. The first-order chi connectivity index (χ1) is 11.1. The van der Waals surface area contributed by atoms with Gasteiger partial charge in [-0.3, -0.25) is 14.7 Å². The minimum Gasteiger partial charge on any atom is -0.354 e. The van der Waals surface area contributed by atoms with Crippen LogP contribution in [0.3, 0.4) is 0 Å². The largest absolute Gasteiger partial charge is 0.354 e. The van der Waals surface area contributed by atoms with E-state index < -0.39 is 6.04 Å². The van der Waals surface area contributed by atoms with Crippen molar-refractivity contribution in [2.45, 2.75) is 25.3 Å². The Morgan fingerprint density at radius 3 is 2.83 bits per heavy atom. The second-order valence-electron chi connectivity index (χ2n) is 5.48. The number of carbonyl (C=O) groups excluding carboxylic acids is 2. The maximum Gasteiger partial charge on any atom is 0.255 e. The summed E-state index contributed by atoms with van der Waals surface area (Å²) in [6.45, 7) is 0.660. The molecule has 1 aliphatic heterocycles. The molecular formula is C16H17ClN4O2. The van der Waals surface area contributed by atoms with Crippen LogP contribution in [0.4, 0.5) is 0 Å². The minimum absolute atomic E-state index is 0.132. The van der Waals surface area contributed by atoms with Crippen molar-refractivity contribution >= 4 is 23.4 Å². The van der Waals surface area contributed by atoms with Crippen molar-refractivity contribution in [1.82, 2.24) is 20.8 Å². The molecular weight excluding hydrogens is 316 g/mol. The van der Waals surface area contributed by atoms with E-state index in [1.807, 2.05) is 12.1 Å². The summed E-state index contributed by atoms with van der Waals surface area (Å²) in [5.74, 6) is -0.446. The third kappa shape index (κ3) is 3.53. The normalized spacial score (nSPS) is 18.1. The predicted molar refractivity (Wildman–Crippen MR) is 87.1 cm³/mol. The first-order valence-electron chi connectivity index (χ1n) is 7.53. The third-order valence-corrected chi connectivity index (χ3v) is 4.11. The van der Waals surface area contributed by atoms with E-state index in [1.54, 1.807) is 12.1 Å². The second-order valence-corrected chi connectivity index (χ2v) is 5.91. The van der Waals surface area contributed by atoms with E-state index in [2.05, 4.69) is 20.8 Å². The number of hydrogen-bond acceptors (Lipinski definition) is 3. The lowest BCUT2D eigenvalue weighted by molar-refractivity contribution is -0.122. The van der Waals surface area contributed by atoms with Gasteiger partial charge in [-0.05, 0) is 31.4 Å². The predicted octanol–water partition coefficient (Wildman–Crippen LogP) is 2.13. The summed E-state index contributed by atoms with van der Waals surface area (Å²) in [6, 6.07) is 6.62. The van der Waals surface area contributed by atoms with Gasteiger partial charge in [-0.2, -0.15) is 5.10 Å². The van der Waals surface area contributed by atoms with E-state index in [0.717, 1.165) is 18.4 Å². The number of hydrogen-bond donors (Lipinski definition) is 3. The van der Waals surface area contributed by atoms with Gasteiger partial charge in [0.2, 0.25) is 5.91 Å². The summed E-state index contributed by atoms with van der Waals surface area (Å²) < 4.78 is 0. The Morgan fingerprint density at radius 2 is 2.04 bits per heavy atom. The van der Waals surface area contributed by atoms with Crippen LogP contribution in [0.15, 0.2) is 30.5 Å². The van der Waals surface area contributed by atoms with Gasteiger partial charge >= 0.3 is 0 Å². The van der Waals surface area contributed by atoms with Crippen molar-refractivity contribution in [3.63, 3.8) is 0 Å². The molecule has 1 aliphatic rings. The molecule has 0 aliphatic carbocycles. The number of benzene rings is 1. The molecule has 2 amide bonds. The van der Waals surface area contributed by atoms with Gasteiger partial charge in [-0.25, -0.2) is 0 Å². The third-order valence-electron chi connectivity index (χ3n) is 3.86. The van der Waals surface area contributed by atoms with E-state index in [1.165, 1.54) is 6.20 Å². The molecule has 3 N–H and O–H groups in total. The lowest BCUT2D eigenvalue weighted by Gasteiger charge is -2.15. The zero-order valence-corrected chi connectivity index (χ0v) is 13.2. The SMILES string of the molecule is O=C(NC1CCCCNC1=O)c1cn[nH]c1-c1ccc(Cl)cc1. The fourth-order valence-corrected chi connectivity index (χ4v) is 2.73. The van der Waals surface area contributed by atoms with Crippen molar-refractivity contribution in [3.8, 4) is 11.3 Å². The van der Waals surface area contributed by atoms with Gasteiger partial charge in [0.25, 0.3) is 5.91 Å². The molecule has 1 aromatic carbocycles. The quantitative estimate of drug-likeness (QED) is 0.804. The number of carbonyl (C=O) groups is 2. The monoisotopic (exact) mass is 332 g/mol. The Hall–Kier alpha value is -2.34. The molecule has 1 saturated heterocycles. The van der Waals surface area contributed by atoms with E-state index in [9.17, 15) is 9.59 Å². The highest BCUT2D eigenvalue weighted by Crippen LogP contribution is 2.23. The van der Waals surface area contributed by atoms with Crippen molar-refractivity contribution in [1.29, 1.82) is 0 Å². The van der Waals surface area contributed by atoms with Crippen LogP contribution in [-0.2, 0) is 4.79 Å². The Balaban J connectivity index is 1.79. The Bertz CT molecular complexity index is 711. The van der Waals surface area contributed by atoms with Gasteiger partial charge in [0.05, 0.1) is 17.5 Å². The van der Waals surface area contributed by atoms with Crippen molar-refractivity contribution in [2.24, 2.45) is 0 Å². The molecule has 120 valence electrons. The van der Waals surface area contributed by atoms with Crippen LogP contribution < -0.4 is 10.6 Å². The Labute approximate surface area is 138 Å². The zero-order chi connectivity index (χ0) is 16.2. The summed E-state index contributed by atoms with van der Waals surface area (Å²) >= 11 is 5.89. The maximum atomic E-state index is 12.5. The summed E-state index contributed by atoms with van der Waals surface area (Å²) in [5, 5.41) is 13.0. The number of aromatic amines is 1. The number of aromatic nitrogens is 2. The van der Waals surface area contributed by atoms with E-state index in [-0.39, 0.29) is 11.8 Å². The second kappa shape index (κ2) is 6.83. The van der Waals surface area contributed by atoms with Gasteiger partial charge in [-0.15, -0.1) is 0 Å². The highest BCUT2D eigenvalue weighted by atomic mass is 35.5. The number of rotatable bonds is 3. The summed E-state index contributed by atoms with van der Waals surface area (Å²) in [7, 11) is 0.